The molecule has 13 heavy (non-hydrogen) atoms. The first-order valence-electron chi connectivity index (χ1n) is 3.98. The molecule has 5 heteroatoms. The first-order valence-corrected chi connectivity index (χ1v) is 4.80. The molecule has 1 atom stereocenters. The Morgan fingerprint density at radius 1 is 1.62 bits per heavy atom. The Labute approximate surface area is 81.0 Å². The predicted octanol–water partition coefficient (Wildman–Crippen LogP) is 0.635. The summed E-state index contributed by atoms with van der Waals surface area (Å²) in [6, 6.07) is -0.352. The van der Waals surface area contributed by atoms with E-state index < -0.39 is 5.91 Å². The van der Waals surface area contributed by atoms with E-state index in [1.165, 1.54) is 11.3 Å². The molecule has 1 amide bonds. The number of nitrogens with two attached hydrogens (primary N) is 2. The van der Waals surface area contributed by atoms with Crippen molar-refractivity contribution in [2.24, 2.45) is 11.5 Å². The zero-order valence-corrected chi connectivity index (χ0v) is 8.52. The Bertz CT molecular complexity index is 302. The summed E-state index contributed by atoms with van der Waals surface area (Å²) in [6.45, 7) is 3.90. The summed E-state index contributed by atoms with van der Waals surface area (Å²) in [5.74, 6) is -0.391. The van der Waals surface area contributed by atoms with Gasteiger partial charge in [-0.2, -0.15) is 0 Å². The molecule has 0 saturated heterocycles. The predicted molar refractivity (Wildman–Crippen MR) is 52.3 cm³/mol. The number of nitrogens with zero attached hydrogens (tertiary/aromatic N) is 1. The van der Waals surface area contributed by atoms with Gasteiger partial charge in [0.15, 0.2) is 0 Å². The van der Waals surface area contributed by atoms with Crippen molar-refractivity contribution in [3.8, 4) is 0 Å². The number of thiazole rings is 1. The summed E-state index contributed by atoms with van der Waals surface area (Å²) < 4.78 is 0. The third-order valence-electron chi connectivity index (χ3n) is 1.78. The summed E-state index contributed by atoms with van der Waals surface area (Å²) in [7, 11) is 0. The first-order chi connectivity index (χ1) is 6.00. The van der Waals surface area contributed by atoms with E-state index in [0.29, 0.717) is 0 Å². The summed E-state index contributed by atoms with van der Waals surface area (Å²) in [6.07, 6.45) is 0.159. The van der Waals surface area contributed by atoms with Gasteiger partial charge in [0.1, 0.15) is 5.01 Å². The van der Waals surface area contributed by atoms with Crippen LogP contribution in [-0.2, 0) is 4.79 Å². The van der Waals surface area contributed by atoms with Crippen molar-refractivity contribution >= 4 is 17.2 Å². The lowest BCUT2D eigenvalue weighted by Gasteiger charge is -2.03. The molecule has 1 rings (SSSR count). The average Bonchev–Trinajstić information content (AvgIpc) is 2.31. The van der Waals surface area contributed by atoms with Crippen molar-refractivity contribution in [1.82, 2.24) is 4.98 Å². The van der Waals surface area contributed by atoms with Crippen LogP contribution in [0, 0.1) is 13.8 Å². The number of hydrogen-bond acceptors (Lipinski definition) is 4. The van der Waals surface area contributed by atoms with E-state index in [4.69, 9.17) is 11.5 Å². The third kappa shape index (κ3) is 2.50. The van der Waals surface area contributed by atoms with E-state index in [2.05, 4.69) is 4.98 Å². The normalized spacial score (nSPS) is 12.8. The van der Waals surface area contributed by atoms with E-state index in [9.17, 15) is 4.79 Å². The molecule has 1 aromatic rings. The number of aromatic nitrogens is 1. The highest BCUT2D eigenvalue weighted by molar-refractivity contribution is 7.11. The average molecular weight is 199 g/mol. The minimum Gasteiger partial charge on any atom is -0.370 e. The van der Waals surface area contributed by atoms with Crippen LogP contribution in [0.2, 0.25) is 0 Å². The molecule has 4 nitrogen and oxygen atoms in total. The molecule has 0 spiro atoms. The van der Waals surface area contributed by atoms with Crippen molar-refractivity contribution < 1.29 is 4.79 Å². The summed E-state index contributed by atoms with van der Waals surface area (Å²) in [5, 5.41) is 0.786. The van der Waals surface area contributed by atoms with Gasteiger partial charge in [-0.25, -0.2) is 4.98 Å². The lowest BCUT2D eigenvalue weighted by Crippen LogP contribution is -2.20. The van der Waals surface area contributed by atoms with Crippen LogP contribution in [0.1, 0.15) is 28.0 Å². The van der Waals surface area contributed by atoms with E-state index in [0.717, 1.165) is 15.6 Å². The van der Waals surface area contributed by atoms with Crippen LogP contribution in [-0.4, -0.2) is 10.9 Å². The smallest absolute Gasteiger partial charge is 0.219 e. The topological polar surface area (TPSA) is 82.0 Å². The highest BCUT2D eigenvalue weighted by Crippen LogP contribution is 2.22. The molecule has 0 saturated carbocycles. The van der Waals surface area contributed by atoms with Crippen LogP contribution in [0.15, 0.2) is 0 Å². The van der Waals surface area contributed by atoms with Gasteiger partial charge in [0.25, 0.3) is 0 Å². The van der Waals surface area contributed by atoms with E-state index >= 15 is 0 Å². The zero-order valence-electron chi connectivity index (χ0n) is 7.70. The van der Waals surface area contributed by atoms with Crippen molar-refractivity contribution in [1.29, 1.82) is 0 Å². The first kappa shape index (κ1) is 10.1. The second-order valence-corrected chi connectivity index (χ2v) is 4.21. The SMILES string of the molecule is Cc1nc(C(N)CC(N)=O)sc1C. The molecular weight excluding hydrogens is 186 g/mol. The van der Waals surface area contributed by atoms with Gasteiger partial charge in [0, 0.05) is 11.3 Å². The number of rotatable bonds is 3. The Morgan fingerprint density at radius 2 is 2.23 bits per heavy atom. The maximum atomic E-state index is 10.6. The molecule has 0 bridgehead atoms. The molecule has 1 unspecified atom stereocenters. The molecule has 0 fully saturated rings. The van der Waals surface area contributed by atoms with Crippen LogP contribution in [0.25, 0.3) is 0 Å². The van der Waals surface area contributed by atoms with Crippen molar-refractivity contribution in [2.45, 2.75) is 26.3 Å². The van der Waals surface area contributed by atoms with Gasteiger partial charge in [-0.1, -0.05) is 0 Å². The Morgan fingerprint density at radius 3 is 2.62 bits per heavy atom. The van der Waals surface area contributed by atoms with Gasteiger partial charge >= 0.3 is 0 Å². The van der Waals surface area contributed by atoms with Gasteiger partial charge in [-0.3, -0.25) is 4.79 Å². The molecule has 0 aliphatic heterocycles. The molecule has 72 valence electrons. The van der Waals surface area contributed by atoms with Crippen LogP contribution >= 0.6 is 11.3 Å². The fourth-order valence-electron chi connectivity index (χ4n) is 0.960. The van der Waals surface area contributed by atoms with Crippen LogP contribution in [0.3, 0.4) is 0 Å². The van der Waals surface area contributed by atoms with E-state index in [1.807, 2.05) is 13.8 Å². The standard InChI is InChI=1S/C8H13N3OS/c1-4-5(2)13-8(11-4)6(9)3-7(10)12/h6H,3,9H2,1-2H3,(H2,10,12). The maximum absolute atomic E-state index is 10.6. The molecule has 0 aliphatic rings. The van der Waals surface area contributed by atoms with Crippen LogP contribution in [0.4, 0.5) is 0 Å². The van der Waals surface area contributed by atoms with E-state index in [1.54, 1.807) is 0 Å². The highest BCUT2D eigenvalue weighted by atomic mass is 32.1. The number of carbonyl (C=O) groups excluding carboxylic acids is 1. The van der Waals surface area contributed by atoms with Crippen molar-refractivity contribution in [2.75, 3.05) is 0 Å². The Hall–Kier alpha value is -0.940. The number of primary amides is 1. The molecule has 1 heterocycles. The summed E-state index contributed by atoms with van der Waals surface area (Å²) in [4.78, 5) is 16.0. The molecular formula is C8H13N3OS. The Balaban J connectivity index is 2.77. The summed E-state index contributed by atoms with van der Waals surface area (Å²) >= 11 is 1.52. The highest BCUT2D eigenvalue weighted by Gasteiger charge is 2.14. The number of hydrogen-bond donors (Lipinski definition) is 2. The van der Waals surface area contributed by atoms with Crippen molar-refractivity contribution in [3.63, 3.8) is 0 Å². The number of amides is 1. The lowest BCUT2D eigenvalue weighted by molar-refractivity contribution is -0.118. The fraction of sp³-hybridized carbons (Fsp3) is 0.500. The quantitative estimate of drug-likeness (QED) is 0.749. The van der Waals surface area contributed by atoms with Crippen molar-refractivity contribution in [3.05, 3.63) is 15.6 Å². The second-order valence-electron chi connectivity index (χ2n) is 2.97. The maximum Gasteiger partial charge on any atom is 0.219 e. The lowest BCUT2D eigenvalue weighted by atomic mass is 10.2. The molecule has 0 radical (unpaired) electrons. The van der Waals surface area contributed by atoms with Crippen LogP contribution in [0.5, 0.6) is 0 Å². The molecule has 0 aliphatic carbocycles. The third-order valence-corrected chi connectivity index (χ3v) is 2.99. The van der Waals surface area contributed by atoms with E-state index in [-0.39, 0.29) is 12.5 Å². The van der Waals surface area contributed by atoms with Gasteiger partial charge in [-0.15, -0.1) is 11.3 Å². The fourth-order valence-corrected chi connectivity index (χ4v) is 1.88. The molecule has 4 N–H and O–H groups in total. The van der Waals surface area contributed by atoms with Gasteiger partial charge in [-0.05, 0) is 13.8 Å². The van der Waals surface area contributed by atoms with Gasteiger partial charge in [0.05, 0.1) is 11.7 Å². The van der Waals surface area contributed by atoms with Gasteiger partial charge < -0.3 is 11.5 Å². The zero-order chi connectivity index (χ0) is 10.0. The van der Waals surface area contributed by atoms with Gasteiger partial charge in [0.2, 0.25) is 5.91 Å². The molecule has 0 aromatic carbocycles. The number of carbonyl (C=O) groups is 1. The minimum absolute atomic E-state index is 0.159. The summed E-state index contributed by atoms with van der Waals surface area (Å²) in [5.41, 5.74) is 11.7. The van der Waals surface area contributed by atoms with Crippen LogP contribution < -0.4 is 11.5 Å². The largest absolute Gasteiger partial charge is 0.370 e. The molecule has 1 aromatic heterocycles. The monoisotopic (exact) mass is 199 g/mol. The number of aryl methyl sites for hydroxylation is 2. The Kier molecular flexibility index (Phi) is 3.00. The minimum atomic E-state index is -0.391. The second kappa shape index (κ2) is 3.85.